The van der Waals surface area contributed by atoms with Crippen molar-refractivity contribution in [3.8, 4) is 0 Å². The molecule has 1 saturated heterocycles. The fraction of sp³-hybridized carbons (Fsp3) is 0.550. The molecule has 5 nitrogen and oxygen atoms in total. The molecule has 138 valence electrons. The fourth-order valence-corrected chi connectivity index (χ4v) is 4.68. The van der Waals surface area contributed by atoms with E-state index in [0.29, 0.717) is 16.1 Å². The summed E-state index contributed by atoms with van der Waals surface area (Å²) in [5.41, 5.74) is 0.737. The number of carbonyl (C=O) groups is 1. The number of fused-ring (bicyclic) bond motifs is 1. The Kier molecular flexibility index (Phi) is 5.02. The number of carbonyl (C=O) groups excluding carboxylic acids is 1. The number of rotatable bonds is 4. The van der Waals surface area contributed by atoms with E-state index in [-0.39, 0.29) is 22.8 Å². The third-order valence-electron chi connectivity index (χ3n) is 5.24. The smallest absolute Gasteiger partial charge is 0.262 e. The summed E-state index contributed by atoms with van der Waals surface area (Å²) in [6.07, 6.45) is 6.62. The number of amides is 1. The lowest BCUT2D eigenvalue weighted by Gasteiger charge is -2.24. The summed E-state index contributed by atoms with van der Waals surface area (Å²) in [4.78, 5) is 32.6. The van der Waals surface area contributed by atoms with Crippen molar-refractivity contribution < 1.29 is 4.79 Å². The lowest BCUT2D eigenvalue weighted by Crippen LogP contribution is -2.37. The van der Waals surface area contributed by atoms with Crippen LogP contribution in [0.15, 0.2) is 34.2 Å². The van der Waals surface area contributed by atoms with Crippen LogP contribution in [0.5, 0.6) is 0 Å². The van der Waals surface area contributed by atoms with Gasteiger partial charge in [-0.05, 0) is 44.7 Å². The molecule has 0 spiro atoms. The first kappa shape index (κ1) is 17.6. The number of hydrogen-bond acceptors (Lipinski definition) is 4. The van der Waals surface area contributed by atoms with Crippen molar-refractivity contribution in [3.63, 3.8) is 0 Å². The normalized spacial score (nSPS) is 19.3. The van der Waals surface area contributed by atoms with Gasteiger partial charge >= 0.3 is 0 Å². The van der Waals surface area contributed by atoms with Crippen molar-refractivity contribution >= 4 is 28.6 Å². The summed E-state index contributed by atoms with van der Waals surface area (Å²) in [6.45, 7) is 3.64. The molecule has 0 radical (unpaired) electrons. The molecular weight excluding hydrogens is 346 g/mol. The molecule has 1 amide bonds. The van der Waals surface area contributed by atoms with Crippen molar-refractivity contribution in [2.45, 2.75) is 61.9 Å². The molecule has 1 aliphatic carbocycles. The Labute approximate surface area is 157 Å². The molecule has 2 fully saturated rings. The van der Waals surface area contributed by atoms with Crippen LogP contribution in [-0.2, 0) is 4.79 Å². The highest BCUT2D eigenvalue weighted by molar-refractivity contribution is 8.00. The quantitative estimate of drug-likeness (QED) is 0.608. The van der Waals surface area contributed by atoms with Crippen LogP contribution >= 0.6 is 11.8 Å². The van der Waals surface area contributed by atoms with Crippen LogP contribution in [0.3, 0.4) is 0 Å². The van der Waals surface area contributed by atoms with Gasteiger partial charge in [-0.25, -0.2) is 4.98 Å². The van der Waals surface area contributed by atoms with Crippen LogP contribution < -0.4 is 5.56 Å². The van der Waals surface area contributed by atoms with E-state index in [9.17, 15) is 9.59 Å². The van der Waals surface area contributed by atoms with Crippen LogP contribution in [0.2, 0.25) is 0 Å². The monoisotopic (exact) mass is 371 g/mol. The summed E-state index contributed by atoms with van der Waals surface area (Å²) in [5.74, 6) is 0.168. The average Bonchev–Trinajstić information content (AvgIpc) is 3.48. The van der Waals surface area contributed by atoms with Gasteiger partial charge in [0, 0.05) is 19.1 Å². The van der Waals surface area contributed by atoms with E-state index in [2.05, 4.69) is 0 Å². The number of likely N-dealkylation sites (tertiary alicyclic amines) is 1. The third-order valence-corrected chi connectivity index (χ3v) is 6.29. The van der Waals surface area contributed by atoms with Crippen LogP contribution in [0, 0.1) is 0 Å². The van der Waals surface area contributed by atoms with Gasteiger partial charge in [0.2, 0.25) is 5.91 Å². The number of thioether (sulfide) groups is 1. The Morgan fingerprint density at radius 3 is 2.54 bits per heavy atom. The largest absolute Gasteiger partial charge is 0.342 e. The Balaban J connectivity index is 1.62. The number of hydrogen-bond donors (Lipinski definition) is 0. The van der Waals surface area contributed by atoms with E-state index in [1.807, 2.05) is 40.7 Å². The Morgan fingerprint density at radius 2 is 1.85 bits per heavy atom. The van der Waals surface area contributed by atoms with E-state index in [1.54, 1.807) is 0 Å². The molecule has 2 heterocycles. The molecule has 2 aliphatic rings. The zero-order valence-electron chi connectivity index (χ0n) is 15.2. The van der Waals surface area contributed by atoms with Gasteiger partial charge in [-0.3, -0.25) is 14.2 Å². The molecule has 1 aromatic heterocycles. The predicted octanol–water partition coefficient (Wildman–Crippen LogP) is 3.61. The van der Waals surface area contributed by atoms with E-state index in [1.165, 1.54) is 24.6 Å². The number of nitrogens with zero attached hydrogens (tertiary/aromatic N) is 3. The molecule has 1 aliphatic heterocycles. The molecule has 2 aromatic rings. The Hall–Kier alpha value is -1.82. The van der Waals surface area contributed by atoms with Gasteiger partial charge in [0.15, 0.2) is 5.16 Å². The lowest BCUT2D eigenvalue weighted by molar-refractivity contribution is -0.130. The van der Waals surface area contributed by atoms with Gasteiger partial charge < -0.3 is 4.90 Å². The van der Waals surface area contributed by atoms with Crippen LogP contribution in [0.1, 0.15) is 51.5 Å². The fourth-order valence-electron chi connectivity index (χ4n) is 3.62. The first-order valence-electron chi connectivity index (χ1n) is 9.62. The molecular formula is C20H25N3O2S. The second-order valence-corrected chi connectivity index (χ2v) is 8.63. The molecule has 0 N–H and O–H groups in total. The summed E-state index contributed by atoms with van der Waals surface area (Å²) >= 11 is 1.44. The van der Waals surface area contributed by atoms with Gasteiger partial charge in [-0.1, -0.05) is 36.7 Å². The first-order chi connectivity index (χ1) is 12.6. The van der Waals surface area contributed by atoms with Crippen LogP contribution in [-0.4, -0.2) is 38.7 Å². The van der Waals surface area contributed by atoms with Crippen molar-refractivity contribution in [2.75, 3.05) is 13.1 Å². The van der Waals surface area contributed by atoms with Crippen molar-refractivity contribution in [1.82, 2.24) is 14.5 Å². The highest BCUT2D eigenvalue weighted by Crippen LogP contribution is 2.37. The molecule has 4 rings (SSSR count). The molecule has 0 bridgehead atoms. The predicted molar refractivity (Wildman–Crippen MR) is 105 cm³/mol. The van der Waals surface area contributed by atoms with E-state index in [0.717, 1.165) is 38.8 Å². The molecule has 1 aromatic carbocycles. The maximum absolute atomic E-state index is 12.9. The summed E-state index contributed by atoms with van der Waals surface area (Å²) in [7, 11) is 0. The molecule has 0 unspecified atom stereocenters. The Bertz CT molecular complexity index is 867. The summed E-state index contributed by atoms with van der Waals surface area (Å²) < 4.78 is 1.82. The number of para-hydroxylation sites is 1. The van der Waals surface area contributed by atoms with Gasteiger partial charge in [0.25, 0.3) is 5.56 Å². The summed E-state index contributed by atoms with van der Waals surface area (Å²) in [6, 6.07) is 7.73. The molecule has 1 saturated carbocycles. The van der Waals surface area contributed by atoms with Crippen molar-refractivity contribution in [3.05, 3.63) is 34.6 Å². The molecule has 1 atom stereocenters. The highest BCUT2D eigenvalue weighted by atomic mass is 32.2. The first-order valence-corrected chi connectivity index (χ1v) is 10.5. The van der Waals surface area contributed by atoms with Crippen LogP contribution in [0.4, 0.5) is 0 Å². The van der Waals surface area contributed by atoms with Gasteiger partial charge in [0.1, 0.15) is 0 Å². The van der Waals surface area contributed by atoms with Crippen LogP contribution in [0.25, 0.3) is 10.9 Å². The van der Waals surface area contributed by atoms with Crippen molar-refractivity contribution in [1.29, 1.82) is 0 Å². The minimum absolute atomic E-state index is 0.0232. The standard InChI is InChI=1S/C20H25N3O2S/c1-14(18(24)22-12-6-2-3-7-13-22)26-20-21-17-9-5-4-8-16(17)19(25)23(20)15-10-11-15/h4-5,8-9,14-15H,2-3,6-7,10-13H2,1H3/t14-/m0/s1. The van der Waals surface area contributed by atoms with E-state index in [4.69, 9.17) is 4.98 Å². The zero-order chi connectivity index (χ0) is 18.1. The topological polar surface area (TPSA) is 55.2 Å². The minimum Gasteiger partial charge on any atom is -0.342 e. The maximum atomic E-state index is 12.9. The van der Waals surface area contributed by atoms with Crippen molar-refractivity contribution in [2.24, 2.45) is 0 Å². The summed E-state index contributed by atoms with van der Waals surface area (Å²) in [5, 5.41) is 1.12. The van der Waals surface area contributed by atoms with Gasteiger partial charge in [0.05, 0.1) is 16.2 Å². The van der Waals surface area contributed by atoms with E-state index < -0.39 is 0 Å². The average molecular weight is 372 g/mol. The van der Waals surface area contributed by atoms with Gasteiger partial charge in [-0.2, -0.15) is 0 Å². The molecule has 26 heavy (non-hydrogen) atoms. The second kappa shape index (κ2) is 7.43. The van der Waals surface area contributed by atoms with E-state index >= 15 is 0 Å². The number of benzene rings is 1. The number of aromatic nitrogens is 2. The Morgan fingerprint density at radius 1 is 1.15 bits per heavy atom. The third kappa shape index (κ3) is 3.52. The minimum atomic E-state index is -0.230. The SMILES string of the molecule is C[C@H](Sc1nc2ccccc2c(=O)n1C1CC1)C(=O)N1CCCCCC1. The lowest BCUT2D eigenvalue weighted by atomic mass is 10.2. The zero-order valence-corrected chi connectivity index (χ0v) is 16.0. The van der Waals surface area contributed by atoms with Gasteiger partial charge in [-0.15, -0.1) is 0 Å². The molecule has 6 heteroatoms. The second-order valence-electron chi connectivity index (χ2n) is 7.32. The highest BCUT2D eigenvalue weighted by Gasteiger charge is 2.31. The maximum Gasteiger partial charge on any atom is 0.262 e.